The van der Waals surface area contributed by atoms with E-state index >= 15 is 0 Å². The fourth-order valence-electron chi connectivity index (χ4n) is 3.91. The highest BCUT2D eigenvalue weighted by atomic mass is 32.1. The monoisotopic (exact) mass is 440 g/mol. The van der Waals surface area contributed by atoms with E-state index in [9.17, 15) is 4.79 Å². The predicted octanol–water partition coefficient (Wildman–Crippen LogP) is 3.73. The Morgan fingerprint density at radius 1 is 1.19 bits per heavy atom. The van der Waals surface area contributed by atoms with Crippen molar-refractivity contribution in [3.05, 3.63) is 47.1 Å². The lowest BCUT2D eigenvalue weighted by molar-refractivity contribution is -0.134. The molecule has 3 aromatic rings. The van der Waals surface area contributed by atoms with Gasteiger partial charge in [0.2, 0.25) is 5.91 Å². The van der Waals surface area contributed by atoms with E-state index in [1.165, 1.54) is 11.3 Å². The molecule has 1 fully saturated rings. The Morgan fingerprint density at radius 2 is 1.94 bits per heavy atom. The third kappa shape index (κ3) is 5.34. The van der Waals surface area contributed by atoms with E-state index in [-0.39, 0.29) is 11.8 Å². The summed E-state index contributed by atoms with van der Waals surface area (Å²) in [5, 5.41) is 2.17. The fraction of sp³-hybridized carbons (Fsp3) is 0.500. The van der Waals surface area contributed by atoms with Crippen LogP contribution in [0.15, 0.2) is 35.8 Å². The van der Waals surface area contributed by atoms with E-state index in [0.717, 1.165) is 68.6 Å². The highest BCUT2D eigenvalue weighted by Crippen LogP contribution is 2.24. The van der Waals surface area contributed by atoms with Gasteiger partial charge < -0.3 is 9.64 Å². The summed E-state index contributed by atoms with van der Waals surface area (Å²) in [7, 11) is 0. The summed E-state index contributed by atoms with van der Waals surface area (Å²) in [6, 6.07) is 8.48. The number of nitrogens with zero attached hydrogens (tertiary/aromatic N) is 4. The Balaban J connectivity index is 1.44. The van der Waals surface area contributed by atoms with E-state index in [2.05, 4.69) is 52.1 Å². The normalized spacial score (nSPS) is 15.1. The number of fused-ring (bicyclic) bond motifs is 1. The molecule has 31 heavy (non-hydrogen) atoms. The van der Waals surface area contributed by atoms with Crippen molar-refractivity contribution in [2.45, 2.75) is 27.2 Å². The molecule has 0 unspecified atom stereocenters. The van der Waals surface area contributed by atoms with Crippen molar-refractivity contribution in [3.63, 3.8) is 0 Å². The average Bonchev–Trinajstić information content (AvgIpc) is 3.36. The van der Waals surface area contributed by atoms with E-state index in [1.807, 2.05) is 18.7 Å². The number of thiazole rings is 1. The number of hydrogen-bond donors (Lipinski definition) is 0. The van der Waals surface area contributed by atoms with Gasteiger partial charge in [0.25, 0.3) is 0 Å². The van der Waals surface area contributed by atoms with Gasteiger partial charge in [-0.2, -0.15) is 0 Å². The van der Waals surface area contributed by atoms with Crippen LogP contribution in [0.4, 0.5) is 0 Å². The summed E-state index contributed by atoms with van der Waals surface area (Å²) in [5.41, 5.74) is 4.58. The standard InChI is InChI=1S/C24H32N4O2S/c1-18(2)23(29)27(11-10-26-12-14-30-15-13-26)9-8-21-17-31-24-25-22(16-28(21)24)20-6-4-19(3)5-7-20/h4-7,16-18H,8-15H2,1-3H3. The topological polar surface area (TPSA) is 50.1 Å². The maximum absolute atomic E-state index is 12.8. The third-order valence-corrected chi connectivity index (χ3v) is 6.75. The first-order valence-corrected chi connectivity index (χ1v) is 12.0. The van der Waals surface area contributed by atoms with Gasteiger partial charge in [-0.25, -0.2) is 4.98 Å². The van der Waals surface area contributed by atoms with Gasteiger partial charge in [-0.15, -0.1) is 11.3 Å². The molecule has 3 heterocycles. The minimum Gasteiger partial charge on any atom is -0.379 e. The van der Waals surface area contributed by atoms with Crippen LogP contribution < -0.4 is 0 Å². The van der Waals surface area contributed by atoms with Crippen LogP contribution in [0, 0.1) is 12.8 Å². The van der Waals surface area contributed by atoms with Gasteiger partial charge in [0, 0.05) is 67.9 Å². The maximum Gasteiger partial charge on any atom is 0.225 e. The lowest BCUT2D eigenvalue weighted by Gasteiger charge is -2.31. The average molecular weight is 441 g/mol. The van der Waals surface area contributed by atoms with Gasteiger partial charge in [0.15, 0.2) is 4.96 Å². The van der Waals surface area contributed by atoms with E-state index < -0.39 is 0 Å². The number of imidazole rings is 1. The molecule has 1 amide bonds. The Bertz CT molecular complexity index is 1000. The minimum absolute atomic E-state index is 0.00793. The van der Waals surface area contributed by atoms with Crippen LogP contribution in [0.2, 0.25) is 0 Å². The van der Waals surface area contributed by atoms with Crippen molar-refractivity contribution in [3.8, 4) is 11.3 Å². The van der Waals surface area contributed by atoms with Crippen molar-refractivity contribution in [1.82, 2.24) is 19.2 Å². The molecular weight excluding hydrogens is 408 g/mol. The largest absolute Gasteiger partial charge is 0.379 e. The summed E-state index contributed by atoms with van der Waals surface area (Å²) in [4.78, 5) is 23.0. The smallest absolute Gasteiger partial charge is 0.225 e. The van der Waals surface area contributed by atoms with E-state index in [0.29, 0.717) is 0 Å². The second-order valence-corrected chi connectivity index (χ2v) is 9.39. The quantitative estimate of drug-likeness (QED) is 0.536. The van der Waals surface area contributed by atoms with Crippen LogP contribution in [0.3, 0.4) is 0 Å². The molecule has 166 valence electrons. The van der Waals surface area contributed by atoms with Crippen LogP contribution in [0.25, 0.3) is 16.2 Å². The van der Waals surface area contributed by atoms with Gasteiger partial charge in [-0.05, 0) is 6.92 Å². The number of hydrogen-bond acceptors (Lipinski definition) is 5. The molecule has 0 N–H and O–H groups in total. The van der Waals surface area contributed by atoms with Gasteiger partial charge >= 0.3 is 0 Å². The zero-order chi connectivity index (χ0) is 21.8. The number of carbonyl (C=O) groups excluding carboxylic acids is 1. The highest BCUT2D eigenvalue weighted by molar-refractivity contribution is 7.15. The lowest BCUT2D eigenvalue weighted by Crippen LogP contribution is -2.44. The number of ether oxygens (including phenoxy) is 1. The summed E-state index contributed by atoms with van der Waals surface area (Å²) in [5.74, 6) is 0.235. The van der Waals surface area contributed by atoms with Crippen molar-refractivity contribution >= 4 is 22.2 Å². The Hall–Kier alpha value is -2.22. The first kappa shape index (κ1) is 22.0. The van der Waals surface area contributed by atoms with E-state index in [4.69, 9.17) is 9.72 Å². The number of aromatic nitrogens is 2. The SMILES string of the molecule is Cc1ccc(-c2cn3c(CCN(CCN4CCOCC4)C(=O)C(C)C)csc3n2)cc1. The zero-order valence-electron chi connectivity index (χ0n) is 18.7. The molecule has 0 atom stereocenters. The zero-order valence-corrected chi connectivity index (χ0v) is 19.5. The van der Waals surface area contributed by atoms with Crippen molar-refractivity contribution in [1.29, 1.82) is 0 Å². The molecule has 1 aliphatic heterocycles. The van der Waals surface area contributed by atoms with Crippen LogP contribution >= 0.6 is 11.3 Å². The van der Waals surface area contributed by atoms with Gasteiger partial charge in [-0.1, -0.05) is 43.7 Å². The van der Waals surface area contributed by atoms with Crippen LogP contribution in [0.1, 0.15) is 25.1 Å². The van der Waals surface area contributed by atoms with Crippen molar-refractivity contribution < 1.29 is 9.53 Å². The highest BCUT2D eigenvalue weighted by Gasteiger charge is 2.20. The second kappa shape index (κ2) is 9.94. The predicted molar refractivity (Wildman–Crippen MR) is 126 cm³/mol. The molecular formula is C24H32N4O2S. The van der Waals surface area contributed by atoms with Gasteiger partial charge in [0.1, 0.15) is 0 Å². The van der Waals surface area contributed by atoms with Crippen molar-refractivity contribution in [2.24, 2.45) is 5.92 Å². The Morgan fingerprint density at radius 3 is 2.65 bits per heavy atom. The molecule has 1 saturated heterocycles. The maximum atomic E-state index is 12.8. The second-order valence-electron chi connectivity index (χ2n) is 8.56. The molecule has 6 nitrogen and oxygen atoms in total. The molecule has 2 aromatic heterocycles. The van der Waals surface area contributed by atoms with E-state index in [1.54, 1.807) is 11.3 Å². The summed E-state index contributed by atoms with van der Waals surface area (Å²) in [6.07, 6.45) is 2.94. The molecule has 0 spiro atoms. The molecule has 0 bridgehead atoms. The van der Waals surface area contributed by atoms with Crippen LogP contribution in [-0.4, -0.2) is 71.0 Å². The lowest BCUT2D eigenvalue weighted by atomic mass is 10.1. The molecule has 0 saturated carbocycles. The Kier molecular flexibility index (Phi) is 7.05. The number of aryl methyl sites for hydroxylation is 1. The molecule has 0 aliphatic carbocycles. The third-order valence-electron chi connectivity index (χ3n) is 5.86. The Labute approximate surface area is 188 Å². The van der Waals surface area contributed by atoms with Crippen molar-refractivity contribution in [2.75, 3.05) is 45.9 Å². The van der Waals surface area contributed by atoms with Crippen LogP contribution in [0.5, 0.6) is 0 Å². The number of rotatable bonds is 8. The number of morpholine rings is 1. The number of amides is 1. The van der Waals surface area contributed by atoms with Gasteiger partial charge in [-0.3, -0.25) is 14.1 Å². The summed E-state index contributed by atoms with van der Waals surface area (Å²) < 4.78 is 7.62. The molecule has 1 aromatic carbocycles. The first-order chi connectivity index (χ1) is 15.0. The molecule has 0 radical (unpaired) electrons. The number of benzene rings is 1. The number of carbonyl (C=O) groups is 1. The summed E-state index contributed by atoms with van der Waals surface area (Å²) >= 11 is 1.66. The van der Waals surface area contributed by atoms with Gasteiger partial charge in [0.05, 0.1) is 18.9 Å². The molecule has 1 aliphatic rings. The molecule has 7 heteroatoms. The summed E-state index contributed by atoms with van der Waals surface area (Å²) in [6.45, 7) is 11.9. The first-order valence-electron chi connectivity index (χ1n) is 11.1. The van der Waals surface area contributed by atoms with Crippen LogP contribution in [-0.2, 0) is 16.0 Å². The minimum atomic E-state index is 0.00793. The molecule has 4 rings (SSSR count). The fourth-order valence-corrected chi connectivity index (χ4v) is 4.81.